The monoisotopic (exact) mass is 303 g/mol. The topological polar surface area (TPSA) is 50.9 Å². The number of hydrogen-bond donors (Lipinski definition) is 1. The van der Waals surface area contributed by atoms with Gasteiger partial charge in [-0.1, -0.05) is 24.3 Å². The third kappa shape index (κ3) is 1.70. The first-order chi connectivity index (χ1) is 11.2. The van der Waals surface area contributed by atoms with Crippen molar-refractivity contribution >= 4 is 0 Å². The zero-order valence-corrected chi connectivity index (χ0v) is 12.8. The molecule has 0 fully saturated rings. The van der Waals surface area contributed by atoms with Gasteiger partial charge in [-0.15, -0.1) is 0 Å². The summed E-state index contributed by atoms with van der Waals surface area (Å²) in [4.78, 5) is 8.68. The number of aryl methyl sites for hydroxylation is 1. The van der Waals surface area contributed by atoms with Crippen LogP contribution in [0.25, 0.3) is 11.3 Å². The Bertz CT molecular complexity index is 914. The second-order valence-electron chi connectivity index (χ2n) is 6.56. The molecule has 0 bridgehead atoms. The second-order valence-corrected chi connectivity index (χ2v) is 6.56. The Morgan fingerprint density at radius 3 is 2.96 bits per heavy atom. The van der Waals surface area contributed by atoms with Crippen LogP contribution in [0.3, 0.4) is 0 Å². The standard InChI is InChI=1S/C19H17N3O/c1-11-6-12-7-15(19(23)16(12)8-21-11)18-14-5-3-2-4-13(14)17-9-20-10-22(17)18/h2-6,8-10,15,18-19,23H,7H2,1H3. The molecule has 1 N–H and O–H groups in total. The molecular formula is C19H17N3O. The van der Waals surface area contributed by atoms with Gasteiger partial charge in [0, 0.05) is 28.9 Å². The molecule has 4 nitrogen and oxygen atoms in total. The number of aromatic nitrogens is 3. The predicted octanol–water partition coefficient (Wildman–Crippen LogP) is 3.06. The molecule has 3 atom stereocenters. The summed E-state index contributed by atoms with van der Waals surface area (Å²) in [5.41, 5.74) is 6.86. The zero-order valence-electron chi connectivity index (χ0n) is 12.8. The van der Waals surface area contributed by atoms with Crippen molar-refractivity contribution in [2.75, 3.05) is 0 Å². The van der Waals surface area contributed by atoms with E-state index in [1.807, 2.05) is 25.6 Å². The molecule has 1 aromatic carbocycles. The van der Waals surface area contributed by atoms with Crippen molar-refractivity contribution in [3.63, 3.8) is 0 Å². The maximum Gasteiger partial charge on any atom is 0.0956 e. The van der Waals surface area contributed by atoms with Crippen LogP contribution in [0.5, 0.6) is 0 Å². The first kappa shape index (κ1) is 13.0. The quantitative estimate of drug-likeness (QED) is 0.751. The minimum atomic E-state index is -0.482. The lowest BCUT2D eigenvalue weighted by Crippen LogP contribution is -2.21. The van der Waals surface area contributed by atoms with Gasteiger partial charge in [0.25, 0.3) is 0 Å². The van der Waals surface area contributed by atoms with Gasteiger partial charge in [0.15, 0.2) is 0 Å². The van der Waals surface area contributed by atoms with Crippen molar-refractivity contribution in [2.24, 2.45) is 5.92 Å². The number of aliphatic hydroxyl groups is 1. The molecule has 4 heteroatoms. The van der Waals surface area contributed by atoms with E-state index in [9.17, 15) is 5.11 Å². The Morgan fingerprint density at radius 2 is 2.04 bits per heavy atom. The highest BCUT2D eigenvalue weighted by atomic mass is 16.3. The molecule has 3 aromatic rings. The third-order valence-corrected chi connectivity index (χ3v) is 5.27. The highest BCUT2D eigenvalue weighted by Gasteiger charge is 2.42. The van der Waals surface area contributed by atoms with Gasteiger partial charge in [0.1, 0.15) is 0 Å². The van der Waals surface area contributed by atoms with E-state index in [1.54, 1.807) is 0 Å². The molecule has 1 aliphatic carbocycles. The van der Waals surface area contributed by atoms with Gasteiger partial charge in [-0.2, -0.15) is 0 Å². The lowest BCUT2D eigenvalue weighted by molar-refractivity contribution is 0.101. The zero-order chi connectivity index (χ0) is 15.6. The van der Waals surface area contributed by atoms with E-state index < -0.39 is 6.10 Å². The van der Waals surface area contributed by atoms with Crippen molar-refractivity contribution in [1.29, 1.82) is 0 Å². The Hall–Kier alpha value is -2.46. The number of nitrogens with zero attached hydrogens (tertiary/aromatic N) is 3. The van der Waals surface area contributed by atoms with Gasteiger partial charge in [-0.05, 0) is 30.5 Å². The lowest BCUT2D eigenvalue weighted by atomic mass is 9.88. The molecular weight excluding hydrogens is 286 g/mol. The van der Waals surface area contributed by atoms with Crippen LogP contribution in [-0.4, -0.2) is 19.6 Å². The fraction of sp³-hybridized carbons (Fsp3) is 0.263. The van der Waals surface area contributed by atoms with Crippen LogP contribution in [0, 0.1) is 12.8 Å². The number of aliphatic hydroxyl groups excluding tert-OH is 1. The van der Waals surface area contributed by atoms with E-state index in [-0.39, 0.29) is 12.0 Å². The molecule has 2 aliphatic rings. The first-order valence-corrected chi connectivity index (χ1v) is 7.98. The van der Waals surface area contributed by atoms with Crippen molar-refractivity contribution in [3.8, 4) is 11.3 Å². The van der Waals surface area contributed by atoms with Crippen molar-refractivity contribution in [3.05, 3.63) is 71.4 Å². The summed E-state index contributed by atoms with van der Waals surface area (Å²) in [7, 11) is 0. The Morgan fingerprint density at radius 1 is 1.17 bits per heavy atom. The molecule has 2 aromatic heterocycles. The summed E-state index contributed by atoms with van der Waals surface area (Å²) in [6.07, 6.45) is 6.03. The van der Waals surface area contributed by atoms with Gasteiger partial charge in [0.05, 0.1) is 30.4 Å². The fourth-order valence-electron chi connectivity index (χ4n) is 4.26. The van der Waals surface area contributed by atoms with Crippen LogP contribution >= 0.6 is 0 Å². The van der Waals surface area contributed by atoms with E-state index in [1.165, 1.54) is 16.7 Å². The van der Waals surface area contributed by atoms with E-state index in [0.29, 0.717) is 0 Å². The highest BCUT2D eigenvalue weighted by Crippen LogP contribution is 2.50. The van der Waals surface area contributed by atoms with Gasteiger partial charge < -0.3 is 9.67 Å². The van der Waals surface area contributed by atoms with Crippen LogP contribution in [0.1, 0.15) is 34.5 Å². The number of hydrogen-bond acceptors (Lipinski definition) is 3. The molecule has 0 spiro atoms. The Balaban J connectivity index is 1.64. The summed E-state index contributed by atoms with van der Waals surface area (Å²) in [6, 6.07) is 10.7. The van der Waals surface area contributed by atoms with Crippen molar-refractivity contribution < 1.29 is 5.11 Å². The summed E-state index contributed by atoms with van der Waals surface area (Å²) in [5, 5.41) is 10.9. The van der Waals surface area contributed by atoms with Crippen LogP contribution in [0.2, 0.25) is 0 Å². The average Bonchev–Trinajstić information content (AvgIpc) is 3.21. The maximum absolute atomic E-state index is 10.9. The van der Waals surface area contributed by atoms with Gasteiger partial charge >= 0.3 is 0 Å². The molecule has 0 saturated carbocycles. The molecule has 3 heterocycles. The molecule has 1 aliphatic heterocycles. The Labute approximate surface area is 134 Å². The van der Waals surface area contributed by atoms with Crippen molar-refractivity contribution in [2.45, 2.75) is 25.5 Å². The minimum Gasteiger partial charge on any atom is -0.388 e. The van der Waals surface area contributed by atoms with Gasteiger partial charge in [-0.3, -0.25) is 4.98 Å². The molecule has 0 saturated heterocycles. The number of imidazole rings is 1. The second kappa shape index (κ2) is 4.52. The molecule has 3 unspecified atom stereocenters. The average molecular weight is 303 g/mol. The number of benzene rings is 1. The summed E-state index contributed by atoms with van der Waals surface area (Å²) < 4.78 is 2.21. The summed E-state index contributed by atoms with van der Waals surface area (Å²) >= 11 is 0. The predicted molar refractivity (Wildman–Crippen MR) is 86.9 cm³/mol. The van der Waals surface area contributed by atoms with E-state index >= 15 is 0 Å². The normalized spacial score (nSPS) is 24.3. The molecule has 0 amide bonds. The van der Waals surface area contributed by atoms with E-state index in [2.05, 4.69) is 44.9 Å². The minimum absolute atomic E-state index is 0.116. The molecule has 23 heavy (non-hydrogen) atoms. The molecule has 5 rings (SSSR count). The van der Waals surface area contributed by atoms with Crippen LogP contribution in [0.15, 0.2) is 49.1 Å². The SMILES string of the molecule is Cc1cc2c(cn1)C(O)C(C1c3ccccc3-c3cncn31)C2. The van der Waals surface area contributed by atoms with Crippen molar-refractivity contribution in [1.82, 2.24) is 14.5 Å². The van der Waals surface area contributed by atoms with E-state index in [4.69, 9.17) is 0 Å². The first-order valence-electron chi connectivity index (χ1n) is 7.98. The molecule has 114 valence electrons. The van der Waals surface area contributed by atoms with Gasteiger partial charge in [-0.25, -0.2) is 4.98 Å². The third-order valence-electron chi connectivity index (χ3n) is 5.27. The Kier molecular flexibility index (Phi) is 2.56. The number of pyridine rings is 1. The maximum atomic E-state index is 10.9. The highest BCUT2D eigenvalue weighted by molar-refractivity contribution is 5.69. The van der Waals surface area contributed by atoms with Crippen LogP contribution < -0.4 is 0 Å². The largest absolute Gasteiger partial charge is 0.388 e. The van der Waals surface area contributed by atoms with Crippen LogP contribution in [-0.2, 0) is 6.42 Å². The number of rotatable bonds is 1. The number of fused-ring (bicyclic) bond motifs is 4. The smallest absolute Gasteiger partial charge is 0.0956 e. The fourth-order valence-corrected chi connectivity index (χ4v) is 4.26. The van der Waals surface area contributed by atoms with Crippen LogP contribution in [0.4, 0.5) is 0 Å². The molecule has 0 radical (unpaired) electrons. The van der Waals surface area contributed by atoms with E-state index in [0.717, 1.165) is 23.4 Å². The van der Waals surface area contributed by atoms with Gasteiger partial charge in [0.2, 0.25) is 0 Å². The summed E-state index contributed by atoms with van der Waals surface area (Å²) in [5.74, 6) is 0.116. The summed E-state index contributed by atoms with van der Waals surface area (Å²) in [6.45, 7) is 2.00. The lowest BCUT2D eigenvalue weighted by Gasteiger charge is -2.25.